The number of rotatable bonds is 8. The van der Waals surface area contributed by atoms with E-state index in [0.717, 1.165) is 6.92 Å². The average molecular weight is 246 g/mol. The molecule has 0 amide bonds. The SMILES string of the molecule is CCOC(=O)C(CCCC(=N)N)C(=O)C(C)F. The van der Waals surface area contributed by atoms with Gasteiger partial charge in [-0.25, -0.2) is 4.39 Å². The fraction of sp³-hybridized carbons (Fsp3) is 0.727. The Kier molecular flexibility index (Phi) is 7.09. The highest BCUT2D eigenvalue weighted by molar-refractivity contribution is 6.01. The minimum Gasteiger partial charge on any atom is -0.465 e. The van der Waals surface area contributed by atoms with Crippen LogP contribution in [0.5, 0.6) is 0 Å². The second-order valence-electron chi connectivity index (χ2n) is 3.74. The Morgan fingerprint density at radius 2 is 2.06 bits per heavy atom. The largest absolute Gasteiger partial charge is 0.465 e. The van der Waals surface area contributed by atoms with Gasteiger partial charge in [-0.15, -0.1) is 0 Å². The Morgan fingerprint density at radius 1 is 1.47 bits per heavy atom. The number of esters is 1. The molecule has 0 rings (SSSR count). The summed E-state index contributed by atoms with van der Waals surface area (Å²) >= 11 is 0. The van der Waals surface area contributed by atoms with Crippen LogP contribution in [0.15, 0.2) is 0 Å². The van der Waals surface area contributed by atoms with E-state index in [1.807, 2.05) is 0 Å². The van der Waals surface area contributed by atoms with E-state index in [1.165, 1.54) is 0 Å². The van der Waals surface area contributed by atoms with E-state index in [4.69, 9.17) is 15.9 Å². The van der Waals surface area contributed by atoms with Crippen molar-refractivity contribution in [2.75, 3.05) is 6.61 Å². The summed E-state index contributed by atoms with van der Waals surface area (Å²) in [5.41, 5.74) is 5.16. The van der Waals surface area contributed by atoms with Crippen LogP contribution in [-0.2, 0) is 14.3 Å². The van der Waals surface area contributed by atoms with E-state index >= 15 is 0 Å². The van der Waals surface area contributed by atoms with Crippen molar-refractivity contribution < 1.29 is 18.7 Å². The van der Waals surface area contributed by atoms with Crippen LogP contribution >= 0.6 is 0 Å². The van der Waals surface area contributed by atoms with Crippen molar-refractivity contribution in [2.45, 2.75) is 39.3 Å². The van der Waals surface area contributed by atoms with Crippen LogP contribution in [0.2, 0.25) is 0 Å². The number of hydrogen-bond acceptors (Lipinski definition) is 4. The second-order valence-corrected chi connectivity index (χ2v) is 3.74. The van der Waals surface area contributed by atoms with Crippen LogP contribution in [0.25, 0.3) is 0 Å². The van der Waals surface area contributed by atoms with Crippen molar-refractivity contribution >= 4 is 17.6 Å². The van der Waals surface area contributed by atoms with Crippen molar-refractivity contribution in [3.63, 3.8) is 0 Å². The summed E-state index contributed by atoms with van der Waals surface area (Å²) in [5.74, 6) is -2.58. The summed E-state index contributed by atoms with van der Waals surface area (Å²) in [6, 6.07) is 0. The Balaban J connectivity index is 4.45. The molecule has 17 heavy (non-hydrogen) atoms. The predicted molar refractivity (Wildman–Crippen MR) is 61.5 cm³/mol. The number of hydrogen-bond donors (Lipinski definition) is 2. The van der Waals surface area contributed by atoms with Gasteiger partial charge in [-0.05, 0) is 26.7 Å². The highest BCUT2D eigenvalue weighted by Gasteiger charge is 2.30. The second kappa shape index (κ2) is 7.76. The molecule has 98 valence electrons. The number of carbonyl (C=O) groups excluding carboxylic acids is 2. The molecule has 0 saturated heterocycles. The minimum absolute atomic E-state index is 0.0200. The van der Waals surface area contributed by atoms with Crippen molar-refractivity contribution in [1.82, 2.24) is 0 Å². The standard InChI is InChI=1S/C11H19FN2O3/c1-3-17-11(16)8(10(15)7(2)12)5-4-6-9(13)14/h7-8H,3-6H2,1-2H3,(H3,13,14). The van der Waals surface area contributed by atoms with Crippen LogP contribution in [0, 0.1) is 11.3 Å². The van der Waals surface area contributed by atoms with Crippen molar-refractivity contribution in [3.05, 3.63) is 0 Å². The monoisotopic (exact) mass is 246 g/mol. The van der Waals surface area contributed by atoms with Gasteiger partial charge in [-0.2, -0.15) is 0 Å². The molecule has 0 radical (unpaired) electrons. The maximum absolute atomic E-state index is 12.9. The summed E-state index contributed by atoms with van der Waals surface area (Å²) in [6.07, 6.45) is -0.867. The minimum atomic E-state index is -1.69. The molecule has 0 aromatic rings. The third-order valence-corrected chi connectivity index (χ3v) is 2.25. The van der Waals surface area contributed by atoms with Gasteiger partial charge in [0.05, 0.1) is 12.4 Å². The van der Waals surface area contributed by atoms with E-state index in [2.05, 4.69) is 0 Å². The van der Waals surface area contributed by atoms with Crippen LogP contribution in [0.3, 0.4) is 0 Å². The lowest BCUT2D eigenvalue weighted by molar-refractivity contribution is -0.153. The Hall–Kier alpha value is -1.46. The number of Topliss-reactive ketones (excluding diaryl/α,β-unsaturated/α-hetero) is 1. The summed E-state index contributed by atoms with van der Waals surface area (Å²) < 4.78 is 17.6. The van der Waals surface area contributed by atoms with Gasteiger partial charge in [0.2, 0.25) is 0 Å². The Bertz CT molecular complexity index is 292. The maximum atomic E-state index is 12.9. The van der Waals surface area contributed by atoms with E-state index in [9.17, 15) is 14.0 Å². The first-order chi connectivity index (χ1) is 7.90. The normalized spacial score (nSPS) is 13.8. The molecule has 0 aromatic carbocycles. The van der Waals surface area contributed by atoms with Gasteiger partial charge in [-0.1, -0.05) is 0 Å². The maximum Gasteiger partial charge on any atom is 0.316 e. The van der Waals surface area contributed by atoms with E-state index in [-0.39, 0.29) is 25.3 Å². The highest BCUT2D eigenvalue weighted by Crippen LogP contribution is 2.15. The zero-order chi connectivity index (χ0) is 13.4. The molecule has 6 heteroatoms. The fourth-order valence-corrected chi connectivity index (χ4v) is 1.39. The van der Waals surface area contributed by atoms with Gasteiger partial charge < -0.3 is 10.5 Å². The third kappa shape index (κ3) is 5.99. The van der Waals surface area contributed by atoms with Crippen LogP contribution in [0.1, 0.15) is 33.1 Å². The lowest BCUT2D eigenvalue weighted by Crippen LogP contribution is -2.31. The number of nitrogens with two attached hydrogens (primary N) is 1. The predicted octanol–water partition coefficient (Wildman–Crippen LogP) is 1.20. The highest BCUT2D eigenvalue weighted by atomic mass is 19.1. The van der Waals surface area contributed by atoms with Gasteiger partial charge in [0.25, 0.3) is 0 Å². The molecule has 2 unspecified atom stereocenters. The van der Waals surface area contributed by atoms with Gasteiger partial charge in [0.15, 0.2) is 12.0 Å². The summed E-state index contributed by atoms with van der Waals surface area (Å²) in [5, 5.41) is 7.02. The molecule has 0 heterocycles. The fourth-order valence-electron chi connectivity index (χ4n) is 1.39. The molecular weight excluding hydrogens is 227 g/mol. The summed E-state index contributed by atoms with van der Waals surface area (Å²) in [6.45, 7) is 2.86. The Morgan fingerprint density at radius 3 is 2.47 bits per heavy atom. The molecule has 0 bridgehead atoms. The van der Waals surface area contributed by atoms with E-state index in [1.54, 1.807) is 6.92 Å². The first-order valence-electron chi connectivity index (χ1n) is 5.57. The number of alkyl halides is 1. The molecule has 0 aliphatic heterocycles. The number of amidine groups is 1. The molecule has 0 aliphatic carbocycles. The van der Waals surface area contributed by atoms with E-state index < -0.39 is 23.8 Å². The first-order valence-corrected chi connectivity index (χ1v) is 5.57. The molecule has 5 nitrogen and oxygen atoms in total. The van der Waals surface area contributed by atoms with Gasteiger partial charge in [-0.3, -0.25) is 15.0 Å². The number of ketones is 1. The summed E-state index contributed by atoms with van der Waals surface area (Å²) in [4.78, 5) is 22.9. The van der Waals surface area contributed by atoms with Crippen LogP contribution < -0.4 is 5.73 Å². The summed E-state index contributed by atoms with van der Waals surface area (Å²) in [7, 11) is 0. The lowest BCUT2D eigenvalue weighted by Gasteiger charge is -2.14. The number of carbonyl (C=O) groups is 2. The molecule has 2 atom stereocenters. The van der Waals surface area contributed by atoms with E-state index in [0.29, 0.717) is 6.42 Å². The number of halogens is 1. The van der Waals surface area contributed by atoms with Gasteiger partial charge in [0.1, 0.15) is 5.92 Å². The van der Waals surface area contributed by atoms with Gasteiger partial charge in [0, 0.05) is 6.42 Å². The molecule has 0 aliphatic rings. The zero-order valence-electron chi connectivity index (χ0n) is 10.2. The van der Waals surface area contributed by atoms with Crippen LogP contribution in [0.4, 0.5) is 4.39 Å². The smallest absolute Gasteiger partial charge is 0.316 e. The average Bonchev–Trinajstić information content (AvgIpc) is 2.23. The lowest BCUT2D eigenvalue weighted by atomic mass is 9.95. The Labute approximate surface area is 100 Å². The van der Waals surface area contributed by atoms with Crippen LogP contribution in [-0.4, -0.2) is 30.4 Å². The number of nitrogens with one attached hydrogen (secondary N) is 1. The zero-order valence-corrected chi connectivity index (χ0v) is 10.2. The molecule has 0 saturated carbocycles. The topological polar surface area (TPSA) is 93.2 Å². The quantitative estimate of drug-likeness (QED) is 0.291. The molecule has 0 spiro atoms. The molecule has 0 aromatic heterocycles. The molecular formula is C11H19FN2O3. The van der Waals surface area contributed by atoms with Crippen molar-refractivity contribution in [3.8, 4) is 0 Å². The first kappa shape index (κ1) is 15.5. The number of ether oxygens (including phenoxy) is 1. The van der Waals surface area contributed by atoms with Gasteiger partial charge >= 0.3 is 5.97 Å². The molecule has 0 fully saturated rings. The molecule has 3 N–H and O–H groups in total. The van der Waals surface area contributed by atoms with Crippen molar-refractivity contribution in [2.24, 2.45) is 11.7 Å². The third-order valence-electron chi connectivity index (χ3n) is 2.25. The van der Waals surface area contributed by atoms with Crippen molar-refractivity contribution in [1.29, 1.82) is 5.41 Å².